The molecule has 3 rings (SSSR count). The minimum absolute atomic E-state index is 0.0718. The molecule has 2 aromatic rings. The van der Waals surface area contributed by atoms with Crippen molar-refractivity contribution < 1.29 is 9.53 Å². The fourth-order valence-corrected chi connectivity index (χ4v) is 2.32. The Balaban J connectivity index is 2.07. The molecular formula is C17H15NO2. The van der Waals surface area contributed by atoms with Crippen LogP contribution in [0.5, 0.6) is 5.75 Å². The number of carbonyl (C=O) groups excluding carboxylic acids is 1. The lowest BCUT2D eigenvalue weighted by molar-refractivity contribution is -0.110. The molecule has 1 heterocycles. The van der Waals surface area contributed by atoms with Crippen LogP contribution in [-0.2, 0) is 4.79 Å². The molecule has 0 saturated heterocycles. The van der Waals surface area contributed by atoms with E-state index in [0.717, 1.165) is 22.6 Å². The van der Waals surface area contributed by atoms with E-state index in [1.165, 1.54) is 0 Å². The zero-order valence-corrected chi connectivity index (χ0v) is 11.2. The van der Waals surface area contributed by atoms with E-state index in [2.05, 4.69) is 5.32 Å². The SMILES string of the molecule is CCOc1ccccc1C=C1C(=O)Nc2ccccc21. The third kappa shape index (κ3) is 2.18. The summed E-state index contributed by atoms with van der Waals surface area (Å²) in [5, 5.41) is 2.87. The molecule has 1 amide bonds. The fourth-order valence-electron chi connectivity index (χ4n) is 2.32. The molecule has 3 nitrogen and oxygen atoms in total. The van der Waals surface area contributed by atoms with Crippen LogP contribution in [0, 0.1) is 0 Å². The van der Waals surface area contributed by atoms with Crippen LogP contribution in [0.1, 0.15) is 18.1 Å². The molecule has 0 fully saturated rings. The van der Waals surface area contributed by atoms with Gasteiger partial charge in [0, 0.05) is 22.4 Å². The van der Waals surface area contributed by atoms with E-state index in [1.807, 2.05) is 61.5 Å². The average Bonchev–Trinajstić information content (AvgIpc) is 2.78. The van der Waals surface area contributed by atoms with Crippen molar-refractivity contribution in [3.8, 4) is 5.75 Å². The van der Waals surface area contributed by atoms with Crippen LogP contribution in [0.15, 0.2) is 48.5 Å². The lowest BCUT2D eigenvalue weighted by Crippen LogP contribution is -2.03. The Labute approximate surface area is 117 Å². The summed E-state index contributed by atoms with van der Waals surface area (Å²) in [6.07, 6.45) is 1.88. The number of nitrogens with one attached hydrogen (secondary N) is 1. The van der Waals surface area contributed by atoms with Gasteiger partial charge in [0.15, 0.2) is 0 Å². The van der Waals surface area contributed by atoms with Gasteiger partial charge in [-0.05, 0) is 25.1 Å². The van der Waals surface area contributed by atoms with Crippen LogP contribution in [0.2, 0.25) is 0 Å². The second kappa shape index (κ2) is 5.21. The Bertz CT molecular complexity index is 689. The maximum Gasteiger partial charge on any atom is 0.256 e. The molecule has 0 unspecified atom stereocenters. The monoisotopic (exact) mass is 265 g/mol. The summed E-state index contributed by atoms with van der Waals surface area (Å²) in [5.41, 5.74) is 3.38. The molecule has 2 aromatic carbocycles. The number of hydrogen-bond donors (Lipinski definition) is 1. The zero-order valence-electron chi connectivity index (χ0n) is 11.2. The van der Waals surface area contributed by atoms with Crippen molar-refractivity contribution in [1.82, 2.24) is 0 Å². The van der Waals surface area contributed by atoms with Gasteiger partial charge in [0.2, 0.25) is 0 Å². The van der Waals surface area contributed by atoms with E-state index < -0.39 is 0 Å². The molecule has 3 heteroatoms. The van der Waals surface area contributed by atoms with Gasteiger partial charge in [0.05, 0.1) is 6.61 Å². The number of benzene rings is 2. The number of rotatable bonds is 3. The molecular weight excluding hydrogens is 250 g/mol. The maximum atomic E-state index is 12.1. The van der Waals surface area contributed by atoms with Gasteiger partial charge in [-0.15, -0.1) is 0 Å². The standard InChI is InChI=1S/C17H15NO2/c1-2-20-16-10-6-3-7-12(16)11-14-13-8-4-5-9-15(13)18-17(14)19/h3-11H,2H2,1H3,(H,18,19). The average molecular weight is 265 g/mol. The van der Waals surface area contributed by atoms with Crippen molar-refractivity contribution in [2.45, 2.75) is 6.92 Å². The van der Waals surface area contributed by atoms with E-state index >= 15 is 0 Å². The summed E-state index contributed by atoms with van der Waals surface area (Å²) in [6.45, 7) is 2.55. The van der Waals surface area contributed by atoms with Gasteiger partial charge < -0.3 is 10.1 Å². The van der Waals surface area contributed by atoms with Crippen LogP contribution >= 0.6 is 0 Å². The Morgan fingerprint density at radius 1 is 1.10 bits per heavy atom. The highest BCUT2D eigenvalue weighted by molar-refractivity contribution is 6.35. The highest BCUT2D eigenvalue weighted by Crippen LogP contribution is 2.34. The second-order valence-corrected chi connectivity index (χ2v) is 4.53. The number of anilines is 1. The molecule has 100 valence electrons. The molecule has 20 heavy (non-hydrogen) atoms. The summed E-state index contributed by atoms with van der Waals surface area (Å²) in [5.74, 6) is 0.720. The summed E-state index contributed by atoms with van der Waals surface area (Å²) >= 11 is 0. The summed E-state index contributed by atoms with van der Waals surface area (Å²) in [4.78, 5) is 12.1. The molecule has 0 radical (unpaired) electrons. The minimum atomic E-state index is -0.0718. The first-order valence-electron chi connectivity index (χ1n) is 6.64. The third-order valence-corrected chi connectivity index (χ3v) is 3.23. The van der Waals surface area contributed by atoms with Crippen LogP contribution in [0.4, 0.5) is 5.69 Å². The minimum Gasteiger partial charge on any atom is -0.493 e. The highest BCUT2D eigenvalue weighted by atomic mass is 16.5. The van der Waals surface area contributed by atoms with E-state index in [9.17, 15) is 4.79 Å². The molecule has 0 saturated carbocycles. The number of ether oxygens (including phenoxy) is 1. The normalized spacial score (nSPS) is 15.1. The van der Waals surface area contributed by atoms with Crippen molar-refractivity contribution in [3.63, 3.8) is 0 Å². The Morgan fingerprint density at radius 3 is 2.70 bits per heavy atom. The number of carbonyl (C=O) groups is 1. The highest BCUT2D eigenvalue weighted by Gasteiger charge is 2.23. The van der Waals surface area contributed by atoms with Crippen LogP contribution in [0.3, 0.4) is 0 Å². The zero-order chi connectivity index (χ0) is 13.9. The first kappa shape index (κ1) is 12.5. The number of fused-ring (bicyclic) bond motifs is 1. The molecule has 0 spiro atoms. The van der Waals surface area contributed by atoms with Gasteiger partial charge in [0.25, 0.3) is 5.91 Å². The van der Waals surface area contributed by atoms with Crippen molar-refractivity contribution in [2.24, 2.45) is 0 Å². The Hall–Kier alpha value is -2.55. The fraction of sp³-hybridized carbons (Fsp3) is 0.118. The molecule has 0 aromatic heterocycles. The van der Waals surface area contributed by atoms with Crippen molar-refractivity contribution in [2.75, 3.05) is 11.9 Å². The van der Waals surface area contributed by atoms with Crippen molar-refractivity contribution >= 4 is 23.2 Å². The van der Waals surface area contributed by atoms with Gasteiger partial charge in [-0.2, -0.15) is 0 Å². The largest absolute Gasteiger partial charge is 0.493 e. The Morgan fingerprint density at radius 2 is 1.85 bits per heavy atom. The van der Waals surface area contributed by atoms with E-state index in [-0.39, 0.29) is 5.91 Å². The summed E-state index contributed by atoms with van der Waals surface area (Å²) < 4.78 is 5.59. The molecule has 0 atom stereocenters. The van der Waals surface area contributed by atoms with Gasteiger partial charge in [0.1, 0.15) is 5.75 Å². The first-order chi connectivity index (χ1) is 9.79. The molecule has 1 aliphatic heterocycles. The van der Waals surface area contributed by atoms with Crippen LogP contribution in [-0.4, -0.2) is 12.5 Å². The summed E-state index contributed by atoms with van der Waals surface area (Å²) in [7, 11) is 0. The predicted molar refractivity (Wildman–Crippen MR) is 80.6 cm³/mol. The van der Waals surface area contributed by atoms with E-state index in [4.69, 9.17) is 4.74 Å². The number of hydrogen-bond acceptors (Lipinski definition) is 2. The smallest absolute Gasteiger partial charge is 0.256 e. The lowest BCUT2D eigenvalue weighted by Gasteiger charge is -2.07. The van der Waals surface area contributed by atoms with Gasteiger partial charge in [-0.25, -0.2) is 0 Å². The van der Waals surface area contributed by atoms with Crippen LogP contribution < -0.4 is 10.1 Å². The molecule has 1 aliphatic rings. The number of para-hydroxylation sites is 2. The molecule has 1 N–H and O–H groups in total. The topological polar surface area (TPSA) is 38.3 Å². The van der Waals surface area contributed by atoms with Gasteiger partial charge in [-0.1, -0.05) is 36.4 Å². The van der Waals surface area contributed by atoms with Gasteiger partial charge >= 0.3 is 0 Å². The maximum absolute atomic E-state index is 12.1. The molecule has 0 bridgehead atoms. The molecule has 0 aliphatic carbocycles. The first-order valence-corrected chi connectivity index (χ1v) is 6.64. The lowest BCUT2D eigenvalue weighted by atomic mass is 10.0. The second-order valence-electron chi connectivity index (χ2n) is 4.53. The van der Waals surface area contributed by atoms with E-state index in [1.54, 1.807) is 0 Å². The van der Waals surface area contributed by atoms with E-state index in [0.29, 0.717) is 12.2 Å². The number of amides is 1. The van der Waals surface area contributed by atoms with Gasteiger partial charge in [-0.3, -0.25) is 4.79 Å². The summed E-state index contributed by atoms with van der Waals surface area (Å²) in [6, 6.07) is 15.4. The predicted octanol–water partition coefficient (Wildman–Crippen LogP) is 3.58. The Kier molecular flexibility index (Phi) is 3.25. The third-order valence-electron chi connectivity index (χ3n) is 3.23. The van der Waals surface area contributed by atoms with Crippen molar-refractivity contribution in [3.05, 3.63) is 59.7 Å². The quantitative estimate of drug-likeness (QED) is 0.861. The van der Waals surface area contributed by atoms with Crippen molar-refractivity contribution in [1.29, 1.82) is 0 Å². The van der Waals surface area contributed by atoms with Crippen LogP contribution in [0.25, 0.3) is 11.6 Å².